The summed E-state index contributed by atoms with van der Waals surface area (Å²) in [6.07, 6.45) is 4.35. The minimum atomic E-state index is -0.0236. The molecule has 0 radical (unpaired) electrons. The van der Waals surface area contributed by atoms with Crippen molar-refractivity contribution in [2.45, 2.75) is 45.6 Å². The Balaban J connectivity index is 2.03. The summed E-state index contributed by atoms with van der Waals surface area (Å²) in [6.45, 7) is 5.31. The fourth-order valence-corrected chi connectivity index (χ4v) is 2.87. The van der Waals surface area contributed by atoms with Crippen LogP contribution in [0, 0.1) is 5.92 Å². The molecule has 0 spiro atoms. The predicted octanol–water partition coefficient (Wildman–Crippen LogP) is 2.99. The maximum absolute atomic E-state index is 12.6. The molecule has 2 atom stereocenters. The summed E-state index contributed by atoms with van der Waals surface area (Å²) >= 11 is 0. The first-order valence-corrected chi connectivity index (χ1v) is 7.75. The SMILES string of the molecule is CCc1ccc(N(C)C(=O)C2CC(CC)CCN2)cc1. The molecule has 1 aliphatic heterocycles. The normalized spacial score (nSPS) is 22.6. The van der Waals surface area contributed by atoms with Gasteiger partial charge in [-0.15, -0.1) is 0 Å². The number of anilines is 1. The highest BCUT2D eigenvalue weighted by Gasteiger charge is 2.28. The van der Waals surface area contributed by atoms with E-state index < -0.39 is 0 Å². The minimum absolute atomic E-state index is 0.0236. The van der Waals surface area contributed by atoms with Crippen LogP contribution in [0.1, 0.15) is 38.7 Å². The minimum Gasteiger partial charge on any atom is -0.314 e. The van der Waals surface area contributed by atoms with Gasteiger partial charge in [-0.05, 0) is 49.4 Å². The highest BCUT2D eigenvalue weighted by Crippen LogP contribution is 2.22. The van der Waals surface area contributed by atoms with Crippen LogP contribution in [0.2, 0.25) is 0 Å². The third-order valence-electron chi connectivity index (χ3n) is 4.45. The molecule has 110 valence electrons. The Bertz CT molecular complexity index is 441. The molecule has 0 saturated carbocycles. The first-order valence-electron chi connectivity index (χ1n) is 7.75. The second-order valence-electron chi connectivity index (χ2n) is 5.72. The Labute approximate surface area is 122 Å². The van der Waals surface area contributed by atoms with Crippen LogP contribution in [0.3, 0.4) is 0 Å². The topological polar surface area (TPSA) is 32.3 Å². The summed E-state index contributed by atoms with van der Waals surface area (Å²) in [6, 6.07) is 8.25. The molecular formula is C17H26N2O. The van der Waals surface area contributed by atoms with Crippen molar-refractivity contribution < 1.29 is 4.79 Å². The van der Waals surface area contributed by atoms with Gasteiger partial charge in [0.1, 0.15) is 0 Å². The van der Waals surface area contributed by atoms with Gasteiger partial charge in [-0.1, -0.05) is 32.4 Å². The van der Waals surface area contributed by atoms with Gasteiger partial charge in [0.25, 0.3) is 0 Å². The molecular weight excluding hydrogens is 248 g/mol. The third-order valence-corrected chi connectivity index (χ3v) is 4.45. The zero-order valence-corrected chi connectivity index (χ0v) is 12.9. The van der Waals surface area contributed by atoms with Gasteiger partial charge in [0.05, 0.1) is 6.04 Å². The van der Waals surface area contributed by atoms with E-state index >= 15 is 0 Å². The van der Waals surface area contributed by atoms with E-state index in [0.29, 0.717) is 5.92 Å². The number of likely N-dealkylation sites (N-methyl/N-ethyl adjacent to an activating group) is 1. The quantitative estimate of drug-likeness (QED) is 0.915. The Morgan fingerprint density at radius 1 is 1.30 bits per heavy atom. The molecule has 1 N–H and O–H groups in total. The highest BCUT2D eigenvalue weighted by molar-refractivity contribution is 5.96. The molecule has 1 amide bonds. The number of carbonyl (C=O) groups is 1. The number of nitrogens with zero attached hydrogens (tertiary/aromatic N) is 1. The number of rotatable bonds is 4. The van der Waals surface area contributed by atoms with Gasteiger partial charge in [-0.2, -0.15) is 0 Å². The lowest BCUT2D eigenvalue weighted by molar-refractivity contribution is -0.121. The number of benzene rings is 1. The summed E-state index contributed by atoms with van der Waals surface area (Å²) in [5.41, 5.74) is 2.28. The van der Waals surface area contributed by atoms with Crippen LogP contribution in [0.15, 0.2) is 24.3 Å². The number of nitrogens with one attached hydrogen (secondary N) is 1. The smallest absolute Gasteiger partial charge is 0.243 e. The van der Waals surface area contributed by atoms with Crippen LogP contribution < -0.4 is 10.2 Å². The molecule has 3 heteroatoms. The molecule has 1 heterocycles. The molecule has 0 bridgehead atoms. The Morgan fingerprint density at radius 2 is 2.00 bits per heavy atom. The second kappa shape index (κ2) is 6.89. The van der Waals surface area contributed by atoms with Gasteiger partial charge in [0, 0.05) is 12.7 Å². The van der Waals surface area contributed by atoms with E-state index in [2.05, 4.69) is 31.3 Å². The van der Waals surface area contributed by atoms with Crippen LogP contribution in [0.5, 0.6) is 0 Å². The van der Waals surface area contributed by atoms with E-state index in [1.54, 1.807) is 4.90 Å². The molecule has 0 aromatic heterocycles. The largest absolute Gasteiger partial charge is 0.314 e. The average molecular weight is 274 g/mol. The molecule has 1 fully saturated rings. The van der Waals surface area contributed by atoms with Gasteiger partial charge in [0.2, 0.25) is 5.91 Å². The Hall–Kier alpha value is -1.35. The number of hydrogen-bond acceptors (Lipinski definition) is 2. The lowest BCUT2D eigenvalue weighted by Crippen LogP contribution is -2.49. The molecule has 2 unspecified atom stereocenters. The van der Waals surface area contributed by atoms with Gasteiger partial charge in [-0.3, -0.25) is 4.79 Å². The number of piperidine rings is 1. The lowest BCUT2D eigenvalue weighted by Gasteiger charge is -2.31. The zero-order valence-electron chi connectivity index (χ0n) is 12.9. The molecule has 0 aliphatic carbocycles. The fraction of sp³-hybridized carbons (Fsp3) is 0.588. The molecule has 1 aromatic rings. The maximum Gasteiger partial charge on any atom is 0.243 e. The van der Waals surface area contributed by atoms with E-state index in [4.69, 9.17) is 0 Å². The van der Waals surface area contributed by atoms with Crippen LogP contribution in [-0.4, -0.2) is 25.5 Å². The molecule has 20 heavy (non-hydrogen) atoms. The van der Waals surface area contributed by atoms with Crippen molar-refractivity contribution in [1.29, 1.82) is 0 Å². The number of hydrogen-bond donors (Lipinski definition) is 1. The van der Waals surface area contributed by atoms with Crippen molar-refractivity contribution in [3.8, 4) is 0 Å². The van der Waals surface area contributed by atoms with Gasteiger partial charge in [0.15, 0.2) is 0 Å². The van der Waals surface area contributed by atoms with Crippen molar-refractivity contribution >= 4 is 11.6 Å². The van der Waals surface area contributed by atoms with Gasteiger partial charge >= 0.3 is 0 Å². The van der Waals surface area contributed by atoms with Crippen LogP contribution >= 0.6 is 0 Å². The lowest BCUT2D eigenvalue weighted by atomic mass is 9.90. The standard InChI is InChI=1S/C17H26N2O/c1-4-13-6-8-15(9-7-13)19(3)17(20)16-12-14(5-2)10-11-18-16/h6-9,14,16,18H,4-5,10-12H2,1-3H3. The molecule has 2 rings (SSSR count). The van der Waals surface area contributed by atoms with Crippen molar-refractivity contribution in [2.75, 3.05) is 18.5 Å². The van der Waals surface area contributed by atoms with Crippen LogP contribution in [-0.2, 0) is 11.2 Å². The maximum atomic E-state index is 12.6. The number of carbonyl (C=O) groups excluding carboxylic acids is 1. The van der Waals surface area contributed by atoms with Crippen LogP contribution in [0.25, 0.3) is 0 Å². The molecule has 1 aromatic carbocycles. The second-order valence-corrected chi connectivity index (χ2v) is 5.72. The van der Waals surface area contributed by atoms with Crippen molar-refractivity contribution in [2.24, 2.45) is 5.92 Å². The Kier molecular flexibility index (Phi) is 5.18. The summed E-state index contributed by atoms with van der Waals surface area (Å²) < 4.78 is 0. The molecule has 3 nitrogen and oxygen atoms in total. The van der Waals surface area contributed by atoms with Crippen molar-refractivity contribution in [3.05, 3.63) is 29.8 Å². The molecule has 1 aliphatic rings. The summed E-state index contributed by atoms with van der Waals surface area (Å²) in [5.74, 6) is 0.869. The van der Waals surface area contributed by atoms with Crippen LogP contribution in [0.4, 0.5) is 5.69 Å². The highest BCUT2D eigenvalue weighted by atomic mass is 16.2. The fourth-order valence-electron chi connectivity index (χ4n) is 2.87. The van der Waals surface area contributed by atoms with Crippen molar-refractivity contribution in [1.82, 2.24) is 5.32 Å². The summed E-state index contributed by atoms with van der Waals surface area (Å²) in [5, 5.41) is 3.37. The molecule has 1 saturated heterocycles. The van der Waals surface area contributed by atoms with Crippen molar-refractivity contribution in [3.63, 3.8) is 0 Å². The van der Waals surface area contributed by atoms with Gasteiger partial charge < -0.3 is 10.2 Å². The first-order chi connectivity index (χ1) is 9.65. The first kappa shape index (κ1) is 15.0. The number of aryl methyl sites for hydroxylation is 1. The summed E-state index contributed by atoms with van der Waals surface area (Å²) in [4.78, 5) is 14.4. The number of amides is 1. The van der Waals surface area contributed by atoms with E-state index in [9.17, 15) is 4.79 Å². The van der Waals surface area contributed by atoms with E-state index in [1.807, 2.05) is 19.2 Å². The van der Waals surface area contributed by atoms with Gasteiger partial charge in [-0.25, -0.2) is 0 Å². The summed E-state index contributed by atoms with van der Waals surface area (Å²) in [7, 11) is 1.88. The third kappa shape index (κ3) is 3.40. The van der Waals surface area contributed by atoms with E-state index in [-0.39, 0.29) is 11.9 Å². The monoisotopic (exact) mass is 274 g/mol. The zero-order chi connectivity index (χ0) is 14.5. The Morgan fingerprint density at radius 3 is 2.60 bits per heavy atom. The van der Waals surface area contributed by atoms with E-state index in [1.165, 1.54) is 18.4 Å². The average Bonchev–Trinajstić information content (AvgIpc) is 2.53. The predicted molar refractivity (Wildman–Crippen MR) is 84.0 cm³/mol. The van der Waals surface area contributed by atoms with E-state index in [0.717, 1.165) is 25.1 Å².